The second kappa shape index (κ2) is 10.0. The van der Waals surface area contributed by atoms with E-state index in [4.69, 9.17) is 0 Å². The van der Waals surface area contributed by atoms with Gasteiger partial charge in [-0.05, 0) is 43.0 Å². The summed E-state index contributed by atoms with van der Waals surface area (Å²) >= 11 is 0. The van der Waals surface area contributed by atoms with E-state index >= 15 is 0 Å². The molecular formula is C22H27FN4O2. The van der Waals surface area contributed by atoms with Crippen LogP contribution in [0.1, 0.15) is 24.1 Å². The summed E-state index contributed by atoms with van der Waals surface area (Å²) in [5.41, 5.74) is 1.35. The van der Waals surface area contributed by atoms with Crippen LogP contribution in [0.5, 0.6) is 0 Å². The van der Waals surface area contributed by atoms with Crippen LogP contribution in [0.15, 0.2) is 42.5 Å². The zero-order chi connectivity index (χ0) is 20.6. The summed E-state index contributed by atoms with van der Waals surface area (Å²) in [6.07, 6.45) is 2.36. The molecule has 1 aliphatic heterocycles. The maximum Gasteiger partial charge on any atom is 0.241 e. The number of anilines is 1. The van der Waals surface area contributed by atoms with E-state index in [2.05, 4.69) is 10.3 Å². The summed E-state index contributed by atoms with van der Waals surface area (Å²) in [7, 11) is 1.72. The zero-order valence-corrected chi connectivity index (χ0v) is 16.7. The topological polar surface area (TPSA) is 65.5 Å². The Morgan fingerprint density at radius 3 is 2.79 bits per heavy atom. The molecule has 1 aromatic carbocycles. The van der Waals surface area contributed by atoms with E-state index in [0.29, 0.717) is 25.2 Å². The average Bonchev–Trinajstić information content (AvgIpc) is 2.71. The molecule has 0 atom stereocenters. The second-order valence-electron chi connectivity index (χ2n) is 7.30. The van der Waals surface area contributed by atoms with Crippen molar-refractivity contribution in [1.29, 1.82) is 0 Å². The van der Waals surface area contributed by atoms with E-state index in [-0.39, 0.29) is 24.8 Å². The van der Waals surface area contributed by atoms with E-state index in [9.17, 15) is 14.0 Å². The molecule has 2 heterocycles. The molecule has 2 amide bonds. The maximum absolute atomic E-state index is 13.9. The van der Waals surface area contributed by atoms with Gasteiger partial charge in [0.25, 0.3) is 0 Å². The Kier molecular flexibility index (Phi) is 7.16. The summed E-state index contributed by atoms with van der Waals surface area (Å²) < 4.78 is 13.9. The number of hydrogen-bond donors (Lipinski definition) is 1. The Morgan fingerprint density at radius 1 is 1.14 bits per heavy atom. The monoisotopic (exact) mass is 398 g/mol. The number of aryl methyl sites for hydroxylation is 1. The number of carbonyl (C=O) groups excluding carboxylic acids is 2. The number of hydrogen-bond acceptors (Lipinski definition) is 4. The first-order chi connectivity index (χ1) is 14.0. The van der Waals surface area contributed by atoms with Crippen molar-refractivity contribution in [3.63, 3.8) is 0 Å². The quantitative estimate of drug-likeness (QED) is 0.844. The van der Waals surface area contributed by atoms with Crippen LogP contribution >= 0.6 is 0 Å². The van der Waals surface area contributed by atoms with Crippen LogP contribution in [0.25, 0.3) is 0 Å². The molecule has 7 heteroatoms. The van der Waals surface area contributed by atoms with Gasteiger partial charge in [0, 0.05) is 32.4 Å². The molecule has 29 heavy (non-hydrogen) atoms. The van der Waals surface area contributed by atoms with E-state index in [0.717, 1.165) is 30.8 Å². The van der Waals surface area contributed by atoms with Crippen LogP contribution in [-0.2, 0) is 22.4 Å². The van der Waals surface area contributed by atoms with Crippen LogP contribution in [-0.4, -0.2) is 59.8 Å². The van der Waals surface area contributed by atoms with Gasteiger partial charge in [0.05, 0.1) is 13.0 Å². The first-order valence-electron chi connectivity index (χ1n) is 9.98. The highest BCUT2D eigenvalue weighted by Gasteiger charge is 2.20. The summed E-state index contributed by atoms with van der Waals surface area (Å²) in [6.45, 7) is 1.54. The summed E-state index contributed by atoms with van der Waals surface area (Å²) in [5.74, 6) is 0.0418. The first kappa shape index (κ1) is 20.8. The van der Waals surface area contributed by atoms with Gasteiger partial charge in [-0.2, -0.15) is 0 Å². The maximum atomic E-state index is 13.9. The third-order valence-electron chi connectivity index (χ3n) is 5.08. The minimum atomic E-state index is -0.400. The summed E-state index contributed by atoms with van der Waals surface area (Å²) in [6, 6.07) is 12.1. The zero-order valence-electron chi connectivity index (χ0n) is 16.7. The standard InChI is InChI=1S/C22H27FN4O2/c1-26-14-12-24-20-11-6-9-18(25-20)8-4-5-13-27(16-22(26)29)21(28)15-17-7-2-3-10-19(17)23/h2-3,6-7,9-11H,4-5,8,12-16H2,1H3,(H,24,25). The number of amides is 2. The van der Waals surface area contributed by atoms with E-state index in [1.807, 2.05) is 18.2 Å². The molecule has 154 valence electrons. The highest BCUT2D eigenvalue weighted by Crippen LogP contribution is 2.12. The number of pyridine rings is 1. The number of rotatable bonds is 2. The predicted octanol–water partition coefficient (Wildman–Crippen LogP) is 2.50. The molecule has 2 aromatic rings. The van der Waals surface area contributed by atoms with Gasteiger partial charge >= 0.3 is 0 Å². The molecule has 0 radical (unpaired) electrons. The van der Waals surface area contributed by atoms with Crippen molar-refractivity contribution in [2.24, 2.45) is 0 Å². The number of nitrogens with zero attached hydrogens (tertiary/aromatic N) is 3. The van der Waals surface area contributed by atoms with Gasteiger partial charge in [0.2, 0.25) is 11.8 Å². The van der Waals surface area contributed by atoms with Crippen molar-refractivity contribution in [2.45, 2.75) is 25.7 Å². The molecule has 0 spiro atoms. The molecule has 0 unspecified atom stereocenters. The molecule has 0 saturated heterocycles. The fraction of sp³-hybridized carbons (Fsp3) is 0.409. The van der Waals surface area contributed by atoms with Crippen LogP contribution in [0.4, 0.5) is 10.2 Å². The number of benzene rings is 1. The van der Waals surface area contributed by atoms with Crippen molar-refractivity contribution in [2.75, 3.05) is 38.5 Å². The molecule has 0 saturated carbocycles. The van der Waals surface area contributed by atoms with Crippen LogP contribution in [0, 0.1) is 5.82 Å². The smallest absolute Gasteiger partial charge is 0.241 e. The minimum absolute atomic E-state index is 0.00727. The van der Waals surface area contributed by atoms with Crippen molar-refractivity contribution in [1.82, 2.24) is 14.8 Å². The molecule has 3 rings (SSSR count). The lowest BCUT2D eigenvalue weighted by molar-refractivity contribution is -0.139. The molecular weight excluding hydrogens is 371 g/mol. The van der Waals surface area contributed by atoms with Crippen molar-refractivity contribution in [3.05, 3.63) is 59.5 Å². The minimum Gasteiger partial charge on any atom is -0.368 e. The van der Waals surface area contributed by atoms with Gasteiger partial charge in [-0.25, -0.2) is 9.37 Å². The van der Waals surface area contributed by atoms with Gasteiger partial charge in [-0.15, -0.1) is 0 Å². The Hall–Kier alpha value is -2.96. The van der Waals surface area contributed by atoms with Gasteiger partial charge in [-0.3, -0.25) is 9.59 Å². The number of fused-ring (bicyclic) bond motifs is 2. The molecule has 1 aliphatic rings. The lowest BCUT2D eigenvalue weighted by atomic mass is 10.1. The lowest BCUT2D eigenvalue weighted by Crippen LogP contribution is -2.43. The third kappa shape index (κ3) is 6.01. The summed E-state index contributed by atoms with van der Waals surface area (Å²) in [4.78, 5) is 33.2. The highest BCUT2D eigenvalue weighted by molar-refractivity contribution is 5.85. The molecule has 1 aromatic heterocycles. The number of carbonyl (C=O) groups is 2. The average molecular weight is 398 g/mol. The number of nitrogens with one attached hydrogen (secondary N) is 1. The fourth-order valence-electron chi connectivity index (χ4n) is 3.29. The Bertz CT molecular complexity index is 858. The van der Waals surface area contributed by atoms with Crippen LogP contribution < -0.4 is 5.32 Å². The van der Waals surface area contributed by atoms with Crippen molar-refractivity contribution >= 4 is 17.6 Å². The van der Waals surface area contributed by atoms with Crippen LogP contribution in [0.3, 0.4) is 0 Å². The Balaban J connectivity index is 1.71. The van der Waals surface area contributed by atoms with Crippen molar-refractivity contribution in [3.8, 4) is 0 Å². The fourth-order valence-corrected chi connectivity index (χ4v) is 3.29. The second-order valence-corrected chi connectivity index (χ2v) is 7.30. The summed E-state index contributed by atoms with van der Waals surface area (Å²) in [5, 5.41) is 3.24. The van der Waals surface area contributed by atoms with E-state index < -0.39 is 5.82 Å². The molecule has 2 bridgehead atoms. The lowest BCUT2D eigenvalue weighted by Gasteiger charge is -2.26. The molecule has 1 N–H and O–H groups in total. The highest BCUT2D eigenvalue weighted by atomic mass is 19.1. The number of aromatic nitrogens is 1. The molecule has 0 fully saturated rings. The van der Waals surface area contributed by atoms with E-state index in [1.54, 1.807) is 35.0 Å². The third-order valence-corrected chi connectivity index (χ3v) is 5.08. The number of likely N-dealkylation sites (N-methyl/N-ethyl adjacent to an activating group) is 1. The largest absolute Gasteiger partial charge is 0.368 e. The SMILES string of the molecule is CN1CCNc2cccc(n2)CCCCN(C(=O)Cc2ccccc2F)CC1=O. The Morgan fingerprint density at radius 2 is 1.97 bits per heavy atom. The van der Waals surface area contributed by atoms with Crippen LogP contribution in [0.2, 0.25) is 0 Å². The predicted molar refractivity (Wildman–Crippen MR) is 110 cm³/mol. The Labute approximate surface area is 170 Å². The molecule has 0 aliphatic carbocycles. The normalized spacial score (nSPS) is 16.1. The first-order valence-corrected chi connectivity index (χ1v) is 9.98. The van der Waals surface area contributed by atoms with Crippen molar-refractivity contribution < 1.29 is 14.0 Å². The van der Waals surface area contributed by atoms with Gasteiger partial charge in [0.1, 0.15) is 11.6 Å². The molecule has 6 nitrogen and oxygen atoms in total. The van der Waals surface area contributed by atoms with E-state index in [1.165, 1.54) is 6.07 Å². The van der Waals surface area contributed by atoms with Gasteiger partial charge in [-0.1, -0.05) is 24.3 Å². The van der Waals surface area contributed by atoms with Gasteiger partial charge < -0.3 is 15.1 Å². The number of halogens is 1. The van der Waals surface area contributed by atoms with Gasteiger partial charge in [0.15, 0.2) is 0 Å².